The van der Waals surface area contributed by atoms with Crippen LogP contribution in [0.15, 0.2) is 40.3 Å². The summed E-state index contributed by atoms with van der Waals surface area (Å²) >= 11 is 5.43. The molecule has 0 aromatic heterocycles. The van der Waals surface area contributed by atoms with Crippen molar-refractivity contribution >= 4 is 32.6 Å². The molecule has 0 radical (unpaired) electrons. The minimum absolute atomic E-state index is 0.215. The standard InChI is InChI=1S/C11H12ClF2S.CHF3O3S/c1-8-3-5-9(6-4-8)15(2)7-10(12)11(13)14;2-1(3,4)8(5,6)7/h3-6H,7H2,1-2H3;(H,5,6,7)/q+1;/p-1. The van der Waals surface area contributed by atoms with Crippen molar-refractivity contribution < 1.29 is 34.9 Å². The van der Waals surface area contributed by atoms with E-state index in [1.165, 1.54) is 0 Å². The lowest BCUT2D eigenvalue weighted by atomic mass is 10.2. The molecule has 0 amide bonds. The molecule has 132 valence electrons. The Bertz CT molecular complexity index is 638. The largest absolute Gasteiger partial charge is 0.741 e. The van der Waals surface area contributed by atoms with Crippen LogP contribution in [0.25, 0.3) is 0 Å². The summed E-state index contributed by atoms with van der Waals surface area (Å²) in [6.07, 6.45) is 0.138. The van der Waals surface area contributed by atoms with Crippen molar-refractivity contribution in [3.8, 4) is 0 Å². The normalized spacial score (nSPS) is 12.9. The number of aryl methyl sites for hydroxylation is 1. The van der Waals surface area contributed by atoms with Gasteiger partial charge in [-0.15, -0.1) is 0 Å². The van der Waals surface area contributed by atoms with Crippen molar-refractivity contribution in [3.05, 3.63) is 40.9 Å². The Morgan fingerprint density at radius 3 is 1.91 bits per heavy atom. The fraction of sp³-hybridized carbons (Fsp3) is 0.333. The van der Waals surface area contributed by atoms with E-state index in [9.17, 15) is 22.0 Å². The fourth-order valence-corrected chi connectivity index (χ4v) is 2.85. The molecule has 0 aliphatic heterocycles. The second-order valence-corrected chi connectivity index (χ2v) is 8.02. The van der Waals surface area contributed by atoms with Crippen LogP contribution in [0.1, 0.15) is 5.56 Å². The monoisotopic (exact) mass is 398 g/mol. The molecular weight excluding hydrogens is 387 g/mol. The van der Waals surface area contributed by atoms with Gasteiger partial charge in [0.2, 0.25) is 0 Å². The molecule has 0 aliphatic rings. The number of hydrogen-bond acceptors (Lipinski definition) is 3. The van der Waals surface area contributed by atoms with E-state index in [0.717, 1.165) is 10.5 Å². The molecule has 0 N–H and O–H groups in total. The topological polar surface area (TPSA) is 57.2 Å². The molecule has 0 saturated carbocycles. The van der Waals surface area contributed by atoms with Gasteiger partial charge in [0.05, 0.1) is 0 Å². The summed E-state index contributed by atoms with van der Waals surface area (Å²) in [5.41, 5.74) is -4.48. The van der Waals surface area contributed by atoms with E-state index in [0.29, 0.717) is 0 Å². The van der Waals surface area contributed by atoms with E-state index < -0.39 is 21.7 Å². The maximum Gasteiger partial charge on any atom is 0.485 e. The van der Waals surface area contributed by atoms with Crippen molar-refractivity contribution in [1.29, 1.82) is 0 Å². The molecule has 0 heterocycles. The molecule has 3 nitrogen and oxygen atoms in total. The zero-order chi connectivity index (χ0) is 18.4. The van der Waals surface area contributed by atoms with Gasteiger partial charge in [-0.2, -0.15) is 22.0 Å². The molecule has 1 aromatic carbocycles. The molecule has 1 unspecified atom stereocenters. The zero-order valence-corrected chi connectivity index (χ0v) is 14.2. The first-order chi connectivity index (χ1) is 10.3. The number of hydrogen-bond donors (Lipinski definition) is 0. The molecule has 11 heteroatoms. The molecule has 0 bridgehead atoms. The van der Waals surface area contributed by atoms with Crippen LogP contribution < -0.4 is 0 Å². The summed E-state index contributed by atoms with van der Waals surface area (Å²) in [5, 5.41) is -0.332. The van der Waals surface area contributed by atoms with Crippen LogP contribution in [0.2, 0.25) is 0 Å². The van der Waals surface area contributed by atoms with Gasteiger partial charge in [0.1, 0.15) is 11.3 Å². The summed E-state index contributed by atoms with van der Waals surface area (Å²) in [7, 11) is -6.35. The summed E-state index contributed by atoms with van der Waals surface area (Å²) < 4.78 is 83.1. The highest BCUT2D eigenvalue weighted by Gasteiger charge is 2.36. The van der Waals surface area contributed by atoms with Gasteiger partial charge >= 0.3 is 5.51 Å². The van der Waals surface area contributed by atoms with E-state index >= 15 is 0 Å². The summed E-state index contributed by atoms with van der Waals surface area (Å²) in [6, 6.07) is 7.86. The third kappa shape index (κ3) is 8.54. The van der Waals surface area contributed by atoms with Crippen molar-refractivity contribution in [2.45, 2.75) is 17.3 Å². The minimum atomic E-state index is -6.09. The summed E-state index contributed by atoms with van der Waals surface area (Å²) in [6.45, 7) is 1.99. The summed E-state index contributed by atoms with van der Waals surface area (Å²) in [5.74, 6) is 0.215. The predicted octanol–water partition coefficient (Wildman–Crippen LogP) is 4.00. The van der Waals surface area contributed by atoms with Crippen LogP contribution in [-0.2, 0) is 21.0 Å². The molecule has 0 saturated heterocycles. The van der Waals surface area contributed by atoms with Crippen LogP contribution in [0, 0.1) is 6.92 Å². The highest BCUT2D eigenvalue weighted by Crippen LogP contribution is 2.21. The molecular formula is C12H12ClF5O3S2. The molecule has 1 aromatic rings. The lowest BCUT2D eigenvalue weighted by Crippen LogP contribution is -2.21. The Labute approximate surface area is 138 Å². The SMILES string of the molecule is Cc1ccc([S+](C)CC(Cl)=C(F)F)cc1.O=S(=O)([O-])C(F)(F)F. The number of benzene rings is 1. The summed E-state index contributed by atoms with van der Waals surface area (Å²) in [4.78, 5) is 1.06. The van der Waals surface area contributed by atoms with Crippen molar-refractivity contribution in [2.24, 2.45) is 0 Å². The van der Waals surface area contributed by atoms with Gasteiger partial charge in [0.15, 0.2) is 20.8 Å². The van der Waals surface area contributed by atoms with E-state index in [1.54, 1.807) is 0 Å². The van der Waals surface area contributed by atoms with Gasteiger partial charge < -0.3 is 4.55 Å². The Morgan fingerprint density at radius 2 is 1.61 bits per heavy atom. The molecule has 1 atom stereocenters. The Hall–Kier alpha value is -0.840. The maximum absolute atomic E-state index is 12.1. The first-order valence-electron chi connectivity index (χ1n) is 5.66. The van der Waals surface area contributed by atoms with Gasteiger partial charge in [0.25, 0.3) is 6.08 Å². The van der Waals surface area contributed by atoms with Crippen LogP contribution in [0.4, 0.5) is 22.0 Å². The number of alkyl halides is 3. The van der Waals surface area contributed by atoms with Crippen molar-refractivity contribution in [2.75, 3.05) is 12.0 Å². The molecule has 0 fully saturated rings. The van der Waals surface area contributed by atoms with Crippen LogP contribution >= 0.6 is 11.6 Å². The van der Waals surface area contributed by atoms with E-state index in [2.05, 4.69) is 0 Å². The van der Waals surface area contributed by atoms with Gasteiger partial charge in [-0.25, -0.2) is 8.42 Å². The molecule has 0 aliphatic carbocycles. The highest BCUT2D eigenvalue weighted by atomic mass is 35.5. The van der Waals surface area contributed by atoms with Gasteiger partial charge in [0, 0.05) is 10.9 Å². The van der Waals surface area contributed by atoms with Crippen molar-refractivity contribution in [3.63, 3.8) is 0 Å². The van der Waals surface area contributed by atoms with E-state index in [4.69, 9.17) is 24.6 Å². The average molecular weight is 399 g/mol. The van der Waals surface area contributed by atoms with Gasteiger partial charge in [-0.1, -0.05) is 29.3 Å². The number of halogens is 6. The second kappa shape index (κ2) is 8.86. The maximum atomic E-state index is 12.1. The highest BCUT2D eigenvalue weighted by molar-refractivity contribution is 7.96. The van der Waals surface area contributed by atoms with Crippen molar-refractivity contribution in [1.82, 2.24) is 0 Å². The fourth-order valence-electron chi connectivity index (χ4n) is 1.10. The second-order valence-electron chi connectivity index (χ2n) is 4.16. The number of rotatable bonds is 3. The Balaban J connectivity index is 0.000000515. The Morgan fingerprint density at radius 1 is 1.22 bits per heavy atom. The zero-order valence-electron chi connectivity index (χ0n) is 11.8. The minimum Gasteiger partial charge on any atom is -0.741 e. The van der Waals surface area contributed by atoms with Crippen LogP contribution in [0.3, 0.4) is 0 Å². The lowest BCUT2D eigenvalue weighted by molar-refractivity contribution is -0.0517. The van der Waals surface area contributed by atoms with E-state index in [-0.39, 0.29) is 21.7 Å². The van der Waals surface area contributed by atoms with E-state index in [1.807, 2.05) is 37.4 Å². The predicted molar refractivity (Wildman–Crippen MR) is 78.4 cm³/mol. The van der Waals surface area contributed by atoms with Gasteiger partial charge in [-0.3, -0.25) is 0 Å². The first-order valence-corrected chi connectivity index (χ1v) is 9.25. The third-order valence-electron chi connectivity index (χ3n) is 2.26. The Kier molecular flexibility index (Phi) is 8.53. The smallest absolute Gasteiger partial charge is 0.485 e. The third-order valence-corrected chi connectivity index (χ3v) is 5.06. The first kappa shape index (κ1) is 22.2. The molecule has 1 rings (SSSR count). The average Bonchev–Trinajstić information content (AvgIpc) is 2.37. The molecule has 23 heavy (non-hydrogen) atoms. The molecule has 0 spiro atoms. The van der Waals surface area contributed by atoms with Crippen LogP contribution in [-0.4, -0.2) is 30.5 Å². The van der Waals surface area contributed by atoms with Gasteiger partial charge in [-0.05, 0) is 19.1 Å². The lowest BCUT2D eigenvalue weighted by Gasteiger charge is -2.08. The quantitative estimate of drug-likeness (QED) is 0.334. The van der Waals surface area contributed by atoms with Crippen LogP contribution in [0.5, 0.6) is 0 Å².